The molecule has 1 heterocycles. The van der Waals surface area contributed by atoms with E-state index in [-0.39, 0.29) is 29.8 Å². The van der Waals surface area contributed by atoms with Crippen LogP contribution in [0.2, 0.25) is 0 Å². The largest absolute Gasteiger partial charge is 0.508 e. The molecule has 0 aliphatic carbocycles. The molecule has 0 aliphatic heterocycles. The van der Waals surface area contributed by atoms with Crippen molar-refractivity contribution in [1.82, 2.24) is 14.8 Å². The number of methoxy groups -OCH3 is 1. The highest BCUT2D eigenvalue weighted by Gasteiger charge is 2.20. The smallest absolute Gasteiger partial charge is 0.200 e. The molecule has 30 heavy (non-hydrogen) atoms. The van der Waals surface area contributed by atoms with Gasteiger partial charge in [0.15, 0.2) is 22.0 Å². The van der Waals surface area contributed by atoms with Crippen LogP contribution in [-0.4, -0.2) is 45.7 Å². The van der Waals surface area contributed by atoms with Crippen molar-refractivity contribution in [1.29, 1.82) is 0 Å². The van der Waals surface area contributed by atoms with Crippen molar-refractivity contribution in [2.24, 2.45) is 0 Å². The van der Waals surface area contributed by atoms with Crippen LogP contribution in [0.3, 0.4) is 0 Å². The predicted octanol–water partition coefficient (Wildman–Crippen LogP) is 3.73. The molecule has 0 bridgehead atoms. The standard InChI is InChI=1S/C21H26N4O3S.ClH/c1-6-24(4)16-9-13(7-8-19(16)28-5)25-20(22-23-21(25)29)15-10-14(12(2)3)17(26)11-18(15)27;/h7-12,26-27H,6H2,1-5H3,(H,23,29);1H/p+1. The molecular formula is C21H28ClN4O3S+. The van der Waals surface area contributed by atoms with E-state index in [1.165, 1.54) is 11.0 Å². The lowest BCUT2D eigenvalue weighted by atomic mass is 9.98. The Kier molecular flexibility index (Phi) is 7.52. The number of aromatic hydroxyl groups is 2. The fourth-order valence-electron chi connectivity index (χ4n) is 3.31. The van der Waals surface area contributed by atoms with Crippen LogP contribution in [-0.2, 0) is 0 Å². The molecular weight excluding hydrogens is 424 g/mol. The summed E-state index contributed by atoms with van der Waals surface area (Å²) in [6.45, 7) is 6.94. The van der Waals surface area contributed by atoms with Crippen LogP contribution in [0.5, 0.6) is 17.2 Å². The van der Waals surface area contributed by atoms with Gasteiger partial charge in [-0.3, -0.25) is 9.67 Å². The lowest BCUT2D eigenvalue weighted by Gasteiger charge is -2.17. The van der Waals surface area contributed by atoms with Crippen LogP contribution in [0, 0.1) is 4.77 Å². The van der Waals surface area contributed by atoms with Gasteiger partial charge in [-0.2, -0.15) is 5.10 Å². The number of phenols is 2. The minimum absolute atomic E-state index is 0. The second-order valence-corrected chi connectivity index (χ2v) is 7.68. The summed E-state index contributed by atoms with van der Waals surface area (Å²) in [6, 6.07) is 8.92. The number of hydrogen-bond donors (Lipinski definition) is 4. The van der Waals surface area contributed by atoms with Crippen molar-refractivity contribution in [2.75, 3.05) is 20.7 Å². The molecule has 162 valence electrons. The summed E-state index contributed by atoms with van der Waals surface area (Å²) in [5.74, 6) is 1.34. The van der Waals surface area contributed by atoms with E-state index in [4.69, 9.17) is 17.0 Å². The lowest BCUT2D eigenvalue weighted by Crippen LogP contribution is -3.03. The van der Waals surface area contributed by atoms with E-state index in [0.29, 0.717) is 16.2 Å². The van der Waals surface area contributed by atoms with E-state index >= 15 is 0 Å². The van der Waals surface area contributed by atoms with Gasteiger partial charge in [-0.1, -0.05) is 13.8 Å². The third kappa shape index (κ3) is 4.30. The van der Waals surface area contributed by atoms with Gasteiger partial charge in [0.1, 0.15) is 11.5 Å². The monoisotopic (exact) mass is 451 g/mol. The number of aromatic amines is 1. The summed E-state index contributed by atoms with van der Waals surface area (Å²) < 4.78 is 7.69. The normalized spacial score (nSPS) is 11.9. The quantitative estimate of drug-likeness (QED) is 0.429. The van der Waals surface area contributed by atoms with Crippen LogP contribution in [0.1, 0.15) is 32.3 Å². The van der Waals surface area contributed by atoms with Crippen LogP contribution < -0.4 is 9.64 Å². The third-order valence-electron chi connectivity index (χ3n) is 5.11. The summed E-state index contributed by atoms with van der Waals surface area (Å²) in [7, 11) is 3.72. The highest BCUT2D eigenvalue weighted by atomic mass is 35.5. The third-order valence-corrected chi connectivity index (χ3v) is 5.39. The summed E-state index contributed by atoms with van der Waals surface area (Å²) in [5.41, 5.74) is 3.02. The van der Waals surface area contributed by atoms with Crippen molar-refractivity contribution >= 4 is 30.3 Å². The Hall–Kier alpha value is -2.55. The molecule has 0 radical (unpaired) electrons. The van der Waals surface area contributed by atoms with Gasteiger partial charge in [0, 0.05) is 12.1 Å². The zero-order valence-electron chi connectivity index (χ0n) is 17.7. The Morgan fingerprint density at radius 3 is 2.50 bits per heavy atom. The number of quaternary nitrogens is 1. The molecule has 0 spiro atoms. The molecule has 1 atom stereocenters. The molecule has 4 N–H and O–H groups in total. The second kappa shape index (κ2) is 9.51. The van der Waals surface area contributed by atoms with Crippen LogP contribution in [0.25, 0.3) is 17.1 Å². The van der Waals surface area contributed by atoms with E-state index < -0.39 is 0 Å². The lowest BCUT2D eigenvalue weighted by molar-refractivity contribution is -0.808. The van der Waals surface area contributed by atoms with Gasteiger partial charge in [0.25, 0.3) is 0 Å². The van der Waals surface area contributed by atoms with E-state index in [0.717, 1.165) is 29.2 Å². The van der Waals surface area contributed by atoms with Crippen molar-refractivity contribution in [2.45, 2.75) is 26.7 Å². The van der Waals surface area contributed by atoms with Crippen molar-refractivity contribution in [3.63, 3.8) is 0 Å². The SMILES string of the molecule is CC[NH+](C)c1cc(-n2c(-c3cc(C(C)C)c(O)cc3O)n[nH]c2=S)ccc1OC.Cl. The van der Waals surface area contributed by atoms with Crippen LogP contribution in [0.4, 0.5) is 5.69 Å². The maximum Gasteiger partial charge on any atom is 0.200 e. The first kappa shape index (κ1) is 23.7. The van der Waals surface area contributed by atoms with Gasteiger partial charge in [-0.25, -0.2) is 0 Å². The van der Waals surface area contributed by atoms with Gasteiger partial charge in [0.2, 0.25) is 0 Å². The Labute approximate surface area is 187 Å². The zero-order valence-corrected chi connectivity index (χ0v) is 19.3. The summed E-state index contributed by atoms with van der Waals surface area (Å²) in [4.78, 5) is 1.19. The zero-order chi connectivity index (χ0) is 21.3. The van der Waals surface area contributed by atoms with Crippen LogP contribution in [0.15, 0.2) is 30.3 Å². The van der Waals surface area contributed by atoms with Crippen molar-refractivity contribution in [3.8, 4) is 34.3 Å². The van der Waals surface area contributed by atoms with E-state index in [9.17, 15) is 10.2 Å². The highest BCUT2D eigenvalue weighted by molar-refractivity contribution is 7.71. The van der Waals surface area contributed by atoms with Crippen molar-refractivity contribution in [3.05, 3.63) is 40.7 Å². The van der Waals surface area contributed by atoms with E-state index in [2.05, 4.69) is 24.2 Å². The molecule has 3 aromatic rings. The van der Waals surface area contributed by atoms with Gasteiger partial charge >= 0.3 is 0 Å². The fourth-order valence-corrected chi connectivity index (χ4v) is 3.55. The number of benzene rings is 2. The Morgan fingerprint density at radius 1 is 1.20 bits per heavy atom. The highest BCUT2D eigenvalue weighted by Crippen LogP contribution is 2.38. The average Bonchev–Trinajstić information content (AvgIpc) is 3.07. The Bertz CT molecular complexity index is 1090. The first-order chi connectivity index (χ1) is 13.8. The van der Waals surface area contributed by atoms with Crippen molar-refractivity contribution < 1.29 is 19.8 Å². The minimum atomic E-state index is -0.0628. The molecule has 0 saturated carbocycles. The number of nitrogens with one attached hydrogen (secondary N) is 2. The number of nitrogens with zero attached hydrogens (tertiary/aromatic N) is 2. The topological polar surface area (TPSA) is 87.7 Å². The number of rotatable bonds is 6. The summed E-state index contributed by atoms with van der Waals surface area (Å²) >= 11 is 5.48. The molecule has 0 saturated heterocycles. The number of H-pyrrole nitrogens is 1. The molecule has 0 fully saturated rings. The maximum absolute atomic E-state index is 10.5. The average molecular weight is 452 g/mol. The fraction of sp³-hybridized carbons (Fsp3) is 0.333. The number of aromatic nitrogens is 3. The number of hydrogen-bond acceptors (Lipinski definition) is 5. The number of phenolic OH excluding ortho intramolecular Hbond substituents is 2. The van der Waals surface area contributed by atoms with Crippen LogP contribution >= 0.6 is 24.6 Å². The van der Waals surface area contributed by atoms with Gasteiger partial charge in [0.05, 0.1) is 32.0 Å². The van der Waals surface area contributed by atoms with E-state index in [1.807, 2.05) is 32.0 Å². The minimum Gasteiger partial charge on any atom is -0.508 e. The Morgan fingerprint density at radius 2 is 1.90 bits per heavy atom. The molecule has 7 nitrogen and oxygen atoms in total. The first-order valence-corrected chi connectivity index (χ1v) is 9.94. The number of ether oxygens (including phenoxy) is 1. The Balaban J connectivity index is 0.00000320. The molecule has 3 rings (SSSR count). The molecule has 2 aromatic carbocycles. The molecule has 1 aromatic heterocycles. The molecule has 0 aliphatic rings. The van der Waals surface area contributed by atoms with Gasteiger partial charge < -0.3 is 19.8 Å². The van der Waals surface area contributed by atoms with E-state index in [1.54, 1.807) is 17.7 Å². The van der Waals surface area contributed by atoms with Gasteiger partial charge in [-0.05, 0) is 48.8 Å². The number of halogens is 1. The first-order valence-electron chi connectivity index (χ1n) is 9.53. The van der Waals surface area contributed by atoms with Gasteiger partial charge in [-0.15, -0.1) is 12.4 Å². The predicted molar refractivity (Wildman–Crippen MR) is 122 cm³/mol. The molecule has 1 unspecified atom stereocenters. The molecule has 9 heteroatoms. The second-order valence-electron chi connectivity index (χ2n) is 7.29. The summed E-state index contributed by atoms with van der Waals surface area (Å²) in [6.07, 6.45) is 0. The molecule has 0 amide bonds. The summed E-state index contributed by atoms with van der Waals surface area (Å²) in [5, 5.41) is 27.9. The maximum atomic E-state index is 10.5.